The molecular weight excluding hydrogens is 276 g/mol. The van der Waals surface area contributed by atoms with Gasteiger partial charge in [0.05, 0.1) is 11.1 Å². The summed E-state index contributed by atoms with van der Waals surface area (Å²) in [6.45, 7) is 2.02. The zero-order valence-electron chi connectivity index (χ0n) is 11.7. The Morgan fingerprint density at radius 1 is 1.40 bits per heavy atom. The number of nitrogens with zero attached hydrogens (tertiary/aromatic N) is 3. The van der Waals surface area contributed by atoms with E-state index in [1.54, 1.807) is 56.3 Å². The molecular formula is C13H18N4O2S. The average Bonchev–Trinajstić information content (AvgIpc) is 2.74. The van der Waals surface area contributed by atoms with Crippen LogP contribution < -0.4 is 5.73 Å². The zero-order valence-corrected chi connectivity index (χ0v) is 12.6. The topological polar surface area (TPSA) is 81.2 Å². The van der Waals surface area contributed by atoms with Gasteiger partial charge in [-0.3, -0.25) is 4.68 Å². The standard InChI is InChI=1S/C13H18N4O2S/c1-10-6-12(14)4-5-13(10)20(18,19)17(3)9-11-7-15-16(2)8-11/h4-8H,9,14H2,1-3H3. The minimum Gasteiger partial charge on any atom is -0.399 e. The minimum absolute atomic E-state index is 0.276. The van der Waals surface area contributed by atoms with Crippen molar-refractivity contribution in [3.05, 3.63) is 41.7 Å². The lowest BCUT2D eigenvalue weighted by Crippen LogP contribution is -2.27. The molecule has 0 aliphatic carbocycles. The number of aryl methyl sites for hydroxylation is 2. The fourth-order valence-corrected chi connectivity index (χ4v) is 3.39. The van der Waals surface area contributed by atoms with E-state index >= 15 is 0 Å². The van der Waals surface area contributed by atoms with Crippen LogP contribution in [0.2, 0.25) is 0 Å². The molecule has 0 aliphatic heterocycles. The minimum atomic E-state index is -3.53. The van der Waals surface area contributed by atoms with E-state index < -0.39 is 10.0 Å². The Labute approximate surface area is 118 Å². The second-order valence-electron chi connectivity index (χ2n) is 4.81. The number of aromatic nitrogens is 2. The number of rotatable bonds is 4. The summed E-state index contributed by atoms with van der Waals surface area (Å²) in [5.41, 5.74) is 7.69. The van der Waals surface area contributed by atoms with E-state index in [0.717, 1.165) is 5.56 Å². The largest absolute Gasteiger partial charge is 0.399 e. The molecule has 0 spiro atoms. The smallest absolute Gasteiger partial charge is 0.243 e. The molecule has 0 atom stereocenters. The van der Waals surface area contributed by atoms with E-state index in [9.17, 15) is 8.42 Å². The van der Waals surface area contributed by atoms with Crippen molar-refractivity contribution in [1.82, 2.24) is 14.1 Å². The summed E-state index contributed by atoms with van der Waals surface area (Å²) in [5.74, 6) is 0. The number of benzene rings is 1. The van der Waals surface area contributed by atoms with Crippen molar-refractivity contribution in [2.24, 2.45) is 7.05 Å². The van der Waals surface area contributed by atoms with Gasteiger partial charge in [0.15, 0.2) is 0 Å². The van der Waals surface area contributed by atoms with Crippen LogP contribution in [-0.4, -0.2) is 29.6 Å². The second kappa shape index (κ2) is 5.26. The Balaban J connectivity index is 2.29. The number of nitrogen functional groups attached to an aromatic ring is 1. The highest BCUT2D eigenvalue weighted by Gasteiger charge is 2.23. The molecule has 7 heteroatoms. The predicted octanol–water partition coefficient (Wildman–Crippen LogP) is 1.13. The van der Waals surface area contributed by atoms with E-state index in [2.05, 4.69) is 5.10 Å². The van der Waals surface area contributed by atoms with Gasteiger partial charge in [0.25, 0.3) is 0 Å². The molecule has 6 nitrogen and oxygen atoms in total. The molecule has 0 radical (unpaired) electrons. The summed E-state index contributed by atoms with van der Waals surface area (Å²) in [7, 11) is -0.187. The van der Waals surface area contributed by atoms with Crippen LogP contribution in [0.25, 0.3) is 0 Å². The molecule has 0 amide bonds. The number of nitrogens with two attached hydrogens (primary N) is 1. The maximum atomic E-state index is 12.5. The molecule has 1 aromatic heterocycles. The van der Waals surface area contributed by atoms with Gasteiger partial charge in [-0.1, -0.05) is 0 Å². The van der Waals surface area contributed by atoms with E-state index in [1.807, 2.05) is 0 Å². The number of sulfonamides is 1. The molecule has 0 fully saturated rings. The highest BCUT2D eigenvalue weighted by atomic mass is 32.2. The monoisotopic (exact) mass is 294 g/mol. The first-order chi connectivity index (χ1) is 9.30. The first kappa shape index (κ1) is 14.5. The average molecular weight is 294 g/mol. The maximum Gasteiger partial charge on any atom is 0.243 e. The first-order valence-corrected chi connectivity index (χ1v) is 7.54. The lowest BCUT2D eigenvalue weighted by molar-refractivity contribution is 0.466. The van der Waals surface area contributed by atoms with E-state index in [0.29, 0.717) is 11.3 Å². The van der Waals surface area contributed by atoms with Crippen LogP contribution in [0.5, 0.6) is 0 Å². The summed E-state index contributed by atoms with van der Waals surface area (Å²) < 4.78 is 28.0. The van der Waals surface area contributed by atoms with Crippen molar-refractivity contribution in [3.63, 3.8) is 0 Å². The van der Waals surface area contributed by atoms with Crippen LogP contribution in [0.15, 0.2) is 35.5 Å². The Morgan fingerprint density at radius 2 is 2.10 bits per heavy atom. The normalized spacial score (nSPS) is 12.0. The summed E-state index contributed by atoms with van der Waals surface area (Å²) in [5, 5.41) is 4.03. The third-order valence-corrected chi connectivity index (χ3v) is 5.01. The fourth-order valence-electron chi connectivity index (χ4n) is 2.03. The first-order valence-electron chi connectivity index (χ1n) is 6.10. The van der Waals surface area contributed by atoms with Crippen molar-refractivity contribution >= 4 is 15.7 Å². The van der Waals surface area contributed by atoms with Gasteiger partial charge in [-0.15, -0.1) is 0 Å². The lowest BCUT2D eigenvalue weighted by atomic mass is 10.2. The third kappa shape index (κ3) is 2.83. The molecule has 0 saturated heterocycles. The molecule has 0 saturated carbocycles. The summed E-state index contributed by atoms with van der Waals surface area (Å²) >= 11 is 0. The number of hydrogen-bond acceptors (Lipinski definition) is 4. The van der Waals surface area contributed by atoms with Crippen molar-refractivity contribution < 1.29 is 8.42 Å². The second-order valence-corrected chi connectivity index (χ2v) is 6.82. The third-order valence-electron chi connectivity index (χ3n) is 3.05. The molecule has 2 rings (SSSR count). The highest BCUT2D eigenvalue weighted by molar-refractivity contribution is 7.89. The molecule has 1 aromatic carbocycles. The molecule has 2 aromatic rings. The SMILES string of the molecule is Cc1cc(N)ccc1S(=O)(=O)N(C)Cc1cnn(C)c1. The molecule has 108 valence electrons. The van der Waals surface area contributed by atoms with Crippen molar-refractivity contribution in [2.75, 3.05) is 12.8 Å². The number of hydrogen-bond donors (Lipinski definition) is 1. The van der Waals surface area contributed by atoms with Crippen molar-refractivity contribution in [3.8, 4) is 0 Å². The van der Waals surface area contributed by atoms with Crippen molar-refractivity contribution in [2.45, 2.75) is 18.4 Å². The molecule has 0 aliphatic rings. The quantitative estimate of drug-likeness (QED) is 0.857. The number of anilines is 1. The van der Waals surface area contributed by atoms with Gasteiger partial charge in [0, 0.05) is 38.1 Å². The maximum absolute atomic E-state index is 12.5. The van der Waals surface area contributed by atoms with Gasteiger partial charge in [-0.25, -0.2) is 8.42 Å². The van der Waals surface area contributed by atoms with Gasteiger partial charge in [-0.05, 0) is 30.7 Å². The molecule has 2 N–H and O–H groups in total. The van der Waals surface area contributed by atoms with Gasteiger partial charge in [0.2, 0.25) is 10.0 Å². The van der Waals surface area contributed by atoms with Gasteiger partial charge in [-0.2, -0.15) is 9.40 Å². The van der Waals surface area contributed by atoms with Crippen LogP contribution in [0.4, 0.5) is 5.69 Å². The Hall–Kier alpha value is -1.86. The van der Waals surface area contributed by atoms with Gasteiger partial charge < -0.3 is 5.73 Å². The lowest BCUT2D eigenvalue weighted by Gasteiger charge is -2.18. The summed E-state index contributed by atoms with van der Waals surface area (Å²) in [4.78, 5) is 0.276. The van der Waals surface area contributed by atoms with E-state index in [1.165, 1.54) is 4.31 Å². The molecule has 0 bridgehead atoms. The molecule has 1 heterocycles. The molecule has 20 heavy (non-hydrogen) atoms. The Kier molecular flexibility index (Phi) is 3.82. The Morgan fingerprint density at radius 3 is 2.65 bits per heavy atom. The van der Waals surface area contributed by atoms with Crippen LogP contribution in [0, 0.1) is 6.92 Å². The summed E-state index contributed by atoms with van der Waals surface area (Å²) in [6.07, 6.45) is 3.45. The van der Waals surface area contributed by atoms with Gasteiger partial charge >= 0.3 is 0 Å². The van der Waals surface area contributed by atoms with E-state index in [-0.39, 0.29) is 11.4 Å². The summed E-state index contributed by atoms with van der Waals surface area (Å²) in [6, 6.07) is 4.79. The predicted molar refractivity (Wildman–Crippen MR) is 77.5 cm³/mol. The highest BCUT2D eigenvalue weighted by Crippen LogP contribution is 2.22. The fraction of sp³-hybridized carbons (Fsp3) is 0.308. The zero-order chi connectivity index (χ0) is 14.9. The van der Waals surface area contributed by atoms with E-state index in [4.69, 9.17) is 5.73 Å². The van der Waals surface area contributed by atoms with Crippen LogP contribution >= 0.6 is 0 Å². The molecule has 0 unspecified atom stereocenters. The van der Waals surface area contributed by atoms with Crippen LogP contribution in [0.1, 0.15) is 11.1 Å². The van der Waals surface area contributed by atoms with Crippen molar-refractivity contribution in [1.29, 1.82) is 0 Å². The van der Waals surface area contributed by atoms with Crippen LogP contribution in [0.3, 0.4) is 0 Å². The Bertz CT molecular complexity index is 722. The van der Waals surface area contributed by atoms with Crippen LogP contribution in [-0.2, 0) is 23.6 Å². The van der Waals surface area contributed by atoms with Gasteiger partial charge in [0.1, 0.15) is 0 Å².